The van der Waals surface area contributed by atoms with Gasteiger partial charge >= 0.3 is 39.5 Å². The molecule has 0 bridgehead atoms. The maximum absolute atomic E-state index is 13.0. The Morgan fingerprint density at radius 1 is 0.314 bits per heavy atom. The third kappa shape index (κ3) is 60.9. The predicted octanol–water partition coefficient (Wildman–Crippen LogP) is 18.7. The molecule has 0 aliphatic rings. The summed E-state index contributed by atoms with van der Waals surface area (Å²) in [5.41, 5.74) is 0. The van der Waals surface area contributed by atoms with Crippen molar-refractivity contribution in [2.75, 3.05) is 39.6 Å². The standard InChI is InChI=1S/C67H130O17P2/c1-8-9-10-11-12-17-27-34-41-48-64(69)77-54-63(84-67(72)51-44-37-30-23-22-26-33-40-47-60(6)7)57-82-86(75,76)80-53-61(68)52-79-85(73,74)81-56-62(83-66(71)50-43-36-29-21-16-14-19-25-32-39-46-59(4)5)55-78-65(70)49-42-35-28-20-15-13-18-24-31-38-45-58(2)3/h58-63,68H,8-57H2,1-7H3,(H,73,74)(H,75,76)/t61-,62-,63-/m1/s1. The van der Waals surface area contributed by atoms with Crippen LogP contribution in [0, 0.1) is 17.8 Å². The first-order valence-corrected chi connectivity index (χ1v) is 37.8. The number of hydrogen-bond donors (Lipinski definition) is 3. The predicted molar refractivity (Wildman–Crippen MR) is 344 cm³/mol. The van der Waals surface area contributed by atoms with Crippen LogP contribution in [0.1, 0.15) is 331 Å². The summed E-state index contributed by atoms with van der Waals surface area (Å²) in [7, 11) is -9.89. The smallest absolute Gasteiger partial charge is 0.462 e. The fourth-order valence-corrected chi connectivity index (χ4v) is 11.6. The second-order valence-electron chi connectivity index (χ2n) is 25.6. The molecule has 3 N–H and O–H groups in total. The number of esters is 4. The summed E-state index contributed by atoms with van der Waals surface area (Å²) in [5.74, 6) is 0.0961. The van der Waals surface area contributed by atoms with Crippen molar-refractivity contribution in [2.24, 2.45) is 17.8 Å². The van der Waals surface area contributed by atoms with Crippen LogP contribution in [-0.4, -0.2) is 96.7 Å². The van der Waals surface area contributed by atoms with Crippen LogP contribution < -0.4 is 0 Å². The average molecular weight is 1270 g/mol. The summed E-state index contributed by atoms with van der Waals surface area (Å²) in [6.07, 6.45) is 40.3. The molecule has 5 atom stereocenters. The van der Waals surface area contributed by atoms with Gasteiger partial charge in [0.05, 0.1) is 26.4 Å². The van der Waals surface area contributed by atoms with Gasteiger partial charge in [-0.3, -0.25) is 37.3 Å². The minimum atomic E-state index is -4.95. The van der Waals surface area contributed by atoms with Gasteiger partial charge in [0.2, 0.25) is 0 Å². The second-order valence-corrected chi connectivity index (χ2v) is 28.5. The molecular weight excluding hydrogens is 1140 g/mol. The lowest BCUT2D eigenvalue weighted by molar-refractivity contribution is -0.161. The van der Waals surface area contributed by atoms with Gasteiger partial charge in [-0.1, -0.05) is 280 Å². The van der Waals surface area contributed by atoms with Crippen molar-refractivity contribution in [3.63, 3.8) is 0 Å². The van der Waals surface area contributed by atoms with Crippen LogP contribution in [0.15, 0.2) is 0 Å². The van der Waals surface area contributed by atoms with E-state index in [0.717, 1.165) is 108 Å². The molecule has 19 heteroatoms. The van der Waals surface area contributed by atoms with Crippen molar-refractivity contribution in [3.8, 4) is 0 Å². The summed E-state index contributed by atoms with van der Waals surface area (Å²) in [6.45, 7) is 11.8. The number of aliphatic hydroxyl groups is 1. The van der Waals surface area contributed by atoms with Crippen molar-refractivity contribution in [2.45, 2.75) is 349 Å². The van der Waals surface area contributed by atoms with Gasteiger partial charge < -0.3 is 33.8 Å². The number of hydrogen-bond acceptors (Lipinski definition) is 15. The molecule has 0 radical (unpaired) electrons. The molecule has 0 saturated carbocycles. The summed E-state index contributed by atoms with van der Waals surface area (Å²) in [6, 6.07) is 0. The molecule has 510 valence electrons. The fourth-order valence-electron chi connectivity index (χ4n) is 10.0. The molecule has 0 spiro atoms. The normalized spacial score (nSPS) is 14.3. The van der Waals surface area contributed by atoms with Crippen molar-refractivity contribution in [1.82, 2.24) is 0 Å². The minimum absolute atomic E-state index is 0.104. The summed E-state index contributed by atoms with van der Waals surface area (Å²) in [4.78, 5) is 72.3. The van der Waals surface area contributed by atoms with Gasteiger partial charge in [0, 0.05) is 25.7 Å². The molecule has 0 heterocycles. The highest BCUT2D eigenvalue weighted by molar-refractivity contribution is 7.47. The number of rotatable bonds is 65. The number of carbonyl (C=O) groups excluding carboxylic acids is 4. The van der Waals surface area contributed by atoms with E-state index in [2.05, 4.69) is 48.5 Å². The van der Waals surface area contributed by atoms with Gasteiger partial charge in [0.15, 0.2) is 12.2 Å². The second kappa shape index (κ2) is 58.2. The summed E-state index contributed by atoms with van der Waals surface area (Å²) < 4.78 is 68.1. The van der Waals surface area contributed by atoms with Gasteiger partial charge in [0.25, 0.3) is 0 Å². The zero-order valence-electron chi connectivity index (χ0n) is 55.8. The van der Waals surface area contributed by atoms with Gasteiger partial charge in [0.1, 0.15) is 19.3 Å². The van der Waals surface area contributed by atoms with Crippen LogP contribution in [0.3, 0.4) is 0 Å². The third-order valence-electron chi connectivity index (χ3n) is 15.4. The summed E-state index contributed by atoms with van der Waals surface area (Å²) in [5, 5.41) is 10.6. The highest BCUT2D eigenvalue weighted by Gasteiger charge is 2.30. The first-order valence-electron chi connectivity index (χ1n) is 34.8. The van der Waals surface area contributed by atoms with Gasteiger partial charge in [-0.2, -0.15) is 0 Å². The lowest BCUT2D eigenvalue weighted by Gasteiger charge is -2.21. The molecule has 0 saturated heterocycles. The first kappa shape index (κ1) is 84.1. The quantitative estimate of drug-likeness (QED) is 0.0222. The third-order valence-corrected chi connectivity index (χ3v) is 17.3. The van der Waals surface area contributed by atoms with E-state index in [1.807, 2.05) is 0 Å². The van der Waals surface area contributed by atoms with E-state index in [0.29, 0.717) is 25.7 Å². The lowest BCUT2D eigenvalue weighted by Crippen LogP contribution is -2.30. The largest absolute Gasteiger partial charge is 0.472 e. The van der Waals surface area contributed by atoms with Crippen LogP contribution in [0.4, 0.5) is 0 Å². The SMILES string of the molecule is CCCCCCCCCCCC(=O)OC[C@H](COP(=O)(O)OC[C@H](O)COP(=O)(O)OC[C@@H](COC(=O)CCCCCCCCCCCCC(C)C)OC(=O)CCCCCCCCCCCCC(C)C)OC(=O)CCCCCCCCCCC(C)C. The van der Waals surface area contributed by atoms with E-state index in [1.165, 1.54) is 141 Å². The van der Waals surface area contributed by atoms with E-state index >= 15 is 0 Å². The van der Waals surface area contributed by atoms with E-state index in [9.17, 15) is 43.2 Å². The topological polar surface area (TPSA) is 237 Å². The summed E-state index contributed by atoms with van der Waals surface area (Å²) >= 11 is 0. The minimum Gasteiger partial charge on any atom is -0.462 e. The first-order chi connectivity index (χ1) is 41.2. The average Bonchev–Trinajstić information content (AvgIpc) is 3.67. The molecule has 0 rings (SSSR count). The molecule has 0 aromatic heterocycles. The monoisotopic (exact) mass is 1270 g/mol. The lowest BCUT2D eigenvalue weighted by atomic mass is 10.0. The van der Waals surface area contributed by atoms with Gasteiger partial charge in [-0.15, -0.1) is 0 Å². The van der Waals surface area contributed by atoms with Gasteiger partial charge in [-0.05, 0) is 43.4 Å². The van der Waals surface area contributed by atoms with Crippen LogP contribution >= 0.6 is 15.6 Å². The highest BCUT2D eigenvalue weighted by Crippen LogP contribution is 2.45. The fraction of sp³-hybridized carbons (Fsp3) is 0.940. The van der Waals surface area contributed by atoms with E-state index in [1.54, 1.807) is 0 Å². The maximum Gasteiger partial charge on any atom is 0.472 e. The number of phosphoric acid groups is 2. The number of unbranched alkanes of at least 4 members (excludes halogenated alkanes) is 33. The highest BCUT2D eigenvalue weighted by atomic mass is 31.2. The van der Waals surface area contributed by atoms with Crippen molar-refractivity contribution in [3.05, 3.63) is 0 Å². The Labute approximate surface area is 524 Å². The van der Waals surface area contributed by atoms with E-state index in [4.69, 9.17) is 37.0 Å². The number of carbonyl (C=O) groups is 4. The number of phosphoric ester groups is 2. The Kier molecular flexibility index (Phi) is 56.9. The molecule has 0 aliphatic heterocycles. The van der Waals surface area contributed by atoms with Gasteiger partial charge in [-0.25, -0.2) is 9.13 Å². The van der Waals surface area contributed by atoms with Crippen LogP contribution in [0.5, 0.6) is 0 Å². The Bertz CT molecular complexity index is 1700. The molecule has 0 aromatic carbocycles. The molecule has 0 aromatic rings. The zero-order valence-corrected chi connectivity index (χ0v) is 57.6. The zero-order chi connectivity index (χ0) is 63.8. The molecule has 2 unspecified atom stereocenters. The van der Waals surface area contributed by atoms with Crippen LogP contribution in [-0.2, 0) is 65.4 Å². The number of ether oxygens (including phenoxy) is 4. The molecule has 86 heavy (non-hydrogen) atoms. The molecule has 0 fully saturated rings. The molecule has 17 nitrogen and oxygen atoms in total. The Morgan fingerprint density at radius 3 is 0.791 bits per heavy atom. The Hall–Kier alpha value is -1.94. The van der Waals surface area contributed by atoms with E-state index in [-0.39, 0.29) is 25.7 Å². The van der Waals surface area contributed by atoms with Crippen molar-refractivity contribution in [1.29, 1.82) is 0 Å². The molecule has 0 aliphatic carbocycles. The van der Waals surface area contributed by atoms with E-state index < -0.39 is 97.5 Å². The Balaban J connectivity index is 5.25. The van der Waals surface area contributed by atoms with Crippen molar-refractivity contribution < 1.29 is 80.2 Å². The molecular formula is C67H130O17P2. The molecule has 0 amide bonds. The maximum atomic E-state index is 13.0. The van der Waals surface area contributed by atoms with Crippen molar-refractivity contribution >= 4 is 39.5 Å². The van der Waals surface area contributed by atoms with Crippen LogP contribution in [0.25, 0.3) is 0 Å². The van der Waals surface area contributed by atoms with Crippen LogP contribution in [0.2, 0.25) is 0 Å². The number of aliphatic hydroxyl groups excluding tert-OH is 1. The Morgan fingerprint density at radius 2 is 0.535 bits per heavy atom.